The molecule has 0 unspecified atom stereocenters. The molecule has 17 heavy (non-hydrogen) atoms. The molecule has 2 N–H and O–H groups in total. The molecule has 0 aromatic heterocycles. The Morgan fingerprint density at radius 1 is 1.24 bits per heavy atom. The van der Waals surface area contributed by atoms with Crippen molar-refractivity contribution >= 4 is 0 Å². The molecule has 0 amide bonds. The fraction of sp³-hybridized carbons (Fsp3) is 0.500. The number of hydrogen-bond acceptors (Lipinski definition) is 3. The van der Waals surface area contributed by atoms with E-state index in [-0.39, 0.29) is 6.61 Å². The summed E-state index contributed by atoms with van der Waals surface area (Å²) in [6, 6.07) is 7.81. The second-order valence-corrected chi connectivity index (χ2v) is 4.01. The number of aliphatic hydroxyl groups excluding tert-OH is 1. The molecule has 0 heterocycles. The highest BCUT2D eigenvalue weighted by molar-refractivity contribution is 5.25. The molecule has 0 saturated heterocycles. The Morgan fingerprint density at radius 2 is 2.12 bits per heavy atom. The smallest absolute Gasteiger partial charge is 0.0967 e. The van der Waals surface area contributed by atoms with Gasteiger partial charge in [0.25, 0.3) is 0 Å². The summed E-state index contributed by atoms with van der Waals surface area (Å²) in [6.45, 7) is 8.00. The Morgan fingerprint density at radius 3 is 2.88 bits per heavy atom. The first-order valence-electron chi connectivity index (χ1n) is 6.06. The van der Waals surface area contributed by atoms with Crippen molar-refractivity contribution in [1.29, 1.82) is 0 Å². The summed E-state index contributed by atoms with van der Waals surface area (Å²) in [5.74, 6) is 0. The van der Waals surface area contributed by atoms with Crippen LogP contribution in [0.25, 0.3) is 0 Å². The molecule has 1 aromatic rings. The van der Waals surface area contributed by atoms with Crippen LogP contribution in [0.2, 0.25) is 0 Å². The van der Waals surface area contributed by atoms with Gasteiger partial charge in [-0.25, -0.2) is 0 Å². The zero-order valence-electron chi connectivity index (χ0n) is 10.2. The maximum atomic E-state index is 8.59. The van der Waals surface area contributed by atoms with Gasteiger partial charge >= 0.3 is 0 Å². The van der Waals surface area contributed by atoms with Crippen molar-refractivity contribution in [2.45, 2.75) is 25.8 Å². The molecule has 0 saturated carbocycles. The fourth-order valence-electron chi connectivity index (χ4n) is 1.54. The van der Waals surface area contributed by atoms with Gasteiger partial charge in [-0.2, -0.15) is 0 Å². The number of rotatable bonds is 9. The van der Waals surface area contributed by atoms with Gasteiger partial charge in [0.2, 0.25) is 0 Å². The molecule has 0 atom stereocenters. The molecule has 94 valence electrons. The van der Waals surface area contributed by atoms with E-state index in [2.05, 4.69) is 5.32 Å². The van der Waals surface area contributed by atoms with E-state index in [0.717, 1.165) is 43.5 Å². The minimum atomic E-state index is 0.272. The summed E-state index contributed by atoms with van der Waals surface area (Å²) < 4.78 is 5.41. The average molecular weight is 235 g/mol. The van der Waals surface area contributed by atoms with Crippen LogP contribution in [-0.2, 0) is 11.3 Å². The number of unbranched alkanes of at least 4 members (excludes halogenated alkanes) is 2. The molecule has 1 rings (SSSR count). The molecule has 0 fully saturated rings. The lowest BCUT2D eigenvalue weighted by molar-refractivity contribution is 0.110. The van der Waals surface area contributed by atoms with E-state index in [1.54, 1.807) is 0 Å². The Labute approximate surface area is 104 Å². The minimum absolute atomic E-state index is 0.272. The van der Waals surface area contributed by atoms with E-state index in [9.17, 15) is 0 Å². The van der Waals surface area contributed by atoms with Crippen LogP contribution in [0.5, 0.6) is 0 Å². The highest BCUT2D eigenvalue weighted by atomic mass is 16.5. The molecular formula is C14H21NO2. The van der Waals surface area contributed by atoms with Gasteiger partial charge in [0.05, 0.1) is 6.73 Å². The number of aliphatic hydroxyl groups is 1. The first-order chi connectivity index (χ1) is 8.33. The summed E-state index contributed by atoms with van der Waals surface area (Å²) in [5.41, 5.74) is 1.95. The lowest BCUT2D eigenvalue weighted by Gasteiger charge is -2.06. The van der Waals surface area contributed by atoms with Crippen LogP contribution in [0, 0.1) is 6.92 Å². The lowest BCUT2D eigenvalue weighted by atomic mass is 10.1. The van der Waals surface area contributed by atoms with Gasteiger partial charge < -0.3 is 9.84 Å². The van der Waals surface area contributed by atoms with Gasteiger partial charge in [-0.05, 0) is 37.3 Å². The molecule has 0 spiro atoms. The van der Waals surface area contributed by atoms with Gasteiger partial charge in [0, 0.05) is 19.8 Å². The van der Waals surface area contributed by atoms with Gasteiger partial charge in [0.1, 0.15) is 0 Å². The number of benzene rings is 1. The number of hydrogen-bond donors (Lipinski definition) is 2. The zero-order valence-corrected chi connectivity index (χ0v) is 10.2. The van der Waals surface area contributed by atoms with Crippen LogP contribution in [-0.4, -0.2) is 25.1 Å². The summed E-state index contributed by atoms with van der Waals surface area (Å²) in [6.07, 6.45) is 2.88. The molecule has 0 aliphatic heterocycles. The normalized spacial score (nSPS) is 10.7. The Hall–Kier alpha value is -0.900. The van der Waals surface area contributed by atoms with Crippen molar-refractivity contribution in [1.82, 2.24) is 5.32 Å². The first kappa shape index (κ1) is 14.2. The van der Waals surface area contributed by atoms with Crippen LogP contribution in [0.3, 0.4) is 0 Å². The molecule has 2 radical (unpaired) electrons. The van der Waals surface area contributed by atoms with E-state index in [1.165, 1.54) is 0 Å². The van der Waals surface area contributed by atoms with Gasteiger partial charge in [0.15, 0.2) is 0 Å². The third kappa shape index (κ3) is 7.10. The largest absolute Gasteiger partial charge is 0.396 e. The van der Waals surface area contributed by atoms with Crippen LogP contribution >= 0.6 is 0 Å². The summed E-state index contributed by atoms with van der Waals surface area (Å²) >= 11 is 0. The standard InChI is InChI=1S/C14H21NO2/c1-13-6-5-7-14(10-13)11-15-12-17-9-4-2-3-8-16/h1,5-7,10,15-16H,2-4,8-9,11-12H2. The zero-order chi connectivity index (χ0) is 12.3. The van der Waals surface area contributed by atoms with E-state index in [0.29, 0.717) is 6.73 Å². The molecule has 0 aliphatic rings. The van der Waals surface area contributed by atoms with Crippen LogP contribution in [0.4, 0.5) is 0 Å². The van der Waals surface area contributed by atoms with E-state index >= 15 is 0 Å². The van der Waals surface area contributed by atoms with Crippen molar-refractivity contribution in [3.8, 4) is 0 Å². The summed E-state index contributed by atoms with van der Waals surface area (Å²) in [7, 11) is 0. The number of ether oxygens (including phenoxy) is 1. The number of nitrogens with one attached hydrogen (secondary N) is 1. The van der Waals surface area contributed by atoms with Crippen LogP contribution in [0.15, 0.2) is 24.3 Å². The highest BCUT2D eigenvalue weighted by Crippen LogP contribution is 2.03. The molecule has 1 aromatic carbocycles. The van der Waals surface area contributed by atoms with Crippen LogP contribution in [0.1, 0.15) is 30.4 Å². The molecule has 3 nitrogen and oxygen atoms in total. The maximum absolute atomic E-state index is 8.59. The quantitative estimate of drug-likeness (QED) is 0.508. The maximum Gasteiger partial charge on any atom is 0.0967 e. The van der Waals surface area contributed by atoms with Crippen molar-refractivity contribution in [2.75, 3.05) is 19.9 Å². The first-order valence-corrected chi connectivity index (χ1v) is 6.06. The molecule has 3 heteroatoms. The summed E-state index contributed by atoms with van der Waals surface area (Å²) in [4.78, 5) is 0. The third-order valence-electron chi connectivity index (χ3n) is 2.43. The SMILES string of the molecule is [CH]c1cccc(CNCOCCCCCO)c1. The Bertz CT molecular complexity index is 302. The van der Waals surface area contributed by atoms with Gasteiger partial charge in [-0.3, -0.25) is 5.32 Å². The monoisotopic (exact) mass is 235 g/mol. The predicted octanol–water partition coefficient (Wildman–Crippen LogP) is 1.97. The molecule has 0 bridgehead atoms. The third-order valence-corrected chi connectivity index (χ3v) is 2.43. The second kappa shape index (κ2) is 9.16. The van der Waals surface area contributed by atoms with Crippen molar-refractivity contribution in [3.63, 3.8) is 0 Å². The van der Waals surface area contributed by atoms with Crippen molar-refractivity contribution < 1.29 is 9.84 Å². The van der Waals surface area contributed by atoms with Crippen LogP contribution < -0.4 is 5.32 Å². The lowest BCUT2D eigenvalue weighted by Crippen LogP contribution is -2.17. The van der Waals surface area contributed by atoms with E-state index in [4.69, 9.17) is 16.8 Å². The Balaban J connectivity index is 1.97. The topological polar surface area (TPSA) is 41.5 Å². The molecular weight excluding hydrogens is 214 g/mol. The highest BCUT2D eigenvalue weighted by Gasteiger charge is 1.93. The van der Waals surface area contributed by atoms with Gasteiger partial charge in [-0.1, -0.05) is 24.3 Å². The van der Waals surface area contributed by atoms with Crippen molar-refractivity contribution in [2.24, 2.45) is 0 Å². The van der Waals surface area contributed by atoms with E-state index < -0.39 is 0 Å². The summed E-state index contributed by atoms with van der Waals surface area (Å²) in [5, 5.41) is 11.8. The van der Waals surface area contributed by atoms with Gasteiger partial charge in [-0.15, -0.1) is 0 Å². The second-order valence-electron chi connectivity index (χ2n) is 4.01. The Kier molecular flexibility index (Phi) is 7.63. The minimum Gasteiger partial charge on any atom is -0.396 e. The molecule has 0 aliphatic carbocycles. The van der Waals surface area contributed by atoms with Crippen molar-refractivity contribution in [3.05, 3.63) is 42.3 Å². The van der Waals surface area contributed by atoms with E-state index in [1.807, 2.05) is 24.3 Å². The predicted molar refractivity (Wildman–Crippen MR) is 68.4 cm³/mol. The fourth-order valence-corrected chi connectivity index (χ4v) is 1.54. The average Bonchev–Trinajstić information content (AvgIpc) is 2.33.